The van der Waals surface area contributed by atoms with E-state index in [0.717, 1.165) is 35.5 Å². The van der Waals surface area contributed by atoms with Crippen LogP contribution in [-0.4, -0.2) is 28.5 Å². The molecule has 2 atom stereocenters. The van der Waals surface area contributed by atoms with Crippen molar-refractivity contribution in [3.63, 3.8) is 0 Å². The minimum absolute atomic E-state index is 0.0352. The molecule has 2 aliphatic rings. The summed E-state index contributed by atoms with van der Waals surface area (Å²) >= 11 is 0. The van der Waals surface area contributed by atoms with E-state index in [1.54, 1.807) is 6.20 Å². The Morgan fingerprint density at radius 1 is 1.26 bits per heavy atom. The molecule has 4 heteroatoms. The van der Waals surface area contributed by atoms with E-state index >= 15 is 0 Å². The van der Waals surface area contributed by atoms with Crippen LogP contribution < -0.4 is 5.32 Å². The SMILES string of the molecule is Cc1ccc(NC(=O)N2CC3CC[C@@H]2C3)cc1-c1ccccn1. The normalized spacial score (nSPS) is 22.4. The Bertz CT molecular complexity index is 729. The van der Waals surface area contributed by atoms with Gasteiger partial charge in [-0.3, -0.25) is 4.98 Å². The fourth-order valence-corrected chi connectivity index (χ4v) is 3.87. The number of nitrogens with one attached hydrogen (secondary N) is 1. The molecule has 2 fully saturated rings. The maximum atomic E-state index is 12.5. The second-order valence-corrected chi connectivity index (χ2v) is 6.66. The largest absolute Gasteiger partial charge is 0.322 e. The highest BCUT2D eigenvalue weighted by atomic mass is 16.2. The van der Waals surface area contributed by atoms with Crippen LogP contribution in [0.5, 0.6) is 0 Å². The van der Waals surface area contributed by atoms with E-state index in [1.807, 2.05) is 41.3 Å². The lowest BCUT2D eigenvalue weighted by molar-refractivity contribution is 0.194. The zero-order valence-corrected chi connectivity index (χ0v) is 13.3. The van der Waals surface area contributed by atoms with Crippen LogP contribution in [0, 0.1) is 12.8 Å². The van der Waals surface area contributed by atoms with Gasteiger partial charge >= 0.3 is 6.03 Å². The minimum Gasteiger partial charge on any atom is -0.321 e. The number of likely N-dealkylation sites (tertiary alicyclic amines) is 1. The molecule has 2 heterocycles. The Kier molecular flexibility index (Phi) is 3.52. The second kappa shape index (κ2) is 5.69. The van der Waals surface area contributed by atoms with Crippen LogP contribution in [0.2, 0.25) is 0 Å². The molecule has 1 saturated carbocycles. The predicted molar refractivity (Wildman–Crippen MR) is 91.3 cm³/mol. The molecular weight excluding hydrogens is 286 g/mol. The molecule has 2 aromatic rings. The summed E-state index contributed by atoms with van der Waals surface area (Å²) in [6.45, 7) is 2.98. The lowest BCUT2D eigenvalue weighted by atomic mass is 10.0. The third-order valence-electron chi connectivity index (χ3n) is 5.10. The predicted octanol–water partition coefficient (Wildman–Crippen LogP) is 4.07. The second-order valence-electron chi connectivity index (χ2n) is 6.66. The van der Waals surface area contributed by atoms with Crippen LogP contribution >= 0.6 is 0 Å². The summed E-state index contributed by atoms with van der Waals surface area (Å²) in [5.74, 6) is 0.716. The number of anilines is 1. The zero-order chi connectivity index (χ0) is 15.8. The van der Waals surface area contributed by atoms with Gasteiger partial charge in [-0.05, 0) is 61.9 Å². The summed E-state index contributed by atoms with van der Waals surface area (Å²) in [6, 6.07) is 12.4. The van der Waals surface area contributed by atoms with E-state index < -0.39 is 0 Å². The first-order valence-electron chi connectivity index (χ1n) is 8.30. The average Bonchev–Trinajstić information content (AvgIpc) is 3.20. The topological polar surface area (TPSA) is 45.2 Å². The van der Waals surface area contributed by atoms with Gasteiger partial charge in [0.25, 0.3) is 0 Å². The number of piperidine rings is 1. The molecule has 2 amide bonds. The molecule has 4 nitrogen and oxygen atoms in total. The quantitative estimate of drug-likeness (QED) is 0.909. The van der Waals surface area contributed by atoms with Gasteiger partial charge in [0.2, 0.25) is 0 Å². The molecule has 1 aliphatic heterocycles. The zero-order valence-electron chi connectivity index (χ0n) is 13.3. The molecule has 0 spiro atoms. The minimum atomic E-state index is 0.0352. The lowest BCUT2D eigenvalue weighted by Crippen LogP contribution is -2.40. The number of aryl methyl sites for hydroxylation is 1. The summed E-state index contributed by atoms with van der Waals surface area (Å²) in [5.41, 5.74) is 3.98. The van der Waals surface area contributed by atoms with Gasteiger partial charge in [-0.1, -0.05) is 12.1 Å². The first-order chi connectivity index (χ1) is 11.2. The van der Waals surface area contributed by atoms with Gasteiger partial charge in [0.15, 0.2) is 0 Å². The summed E-state index contributed by atoms with van der Waals surface area (Å²) in [7, 11) is 0. The number of fused-ring (bicyclic) bond motifs is 2. The summed E-state index contributed by atoms with van der Waals surface area (Å²) in [4.78, 5) is 19.0. The Hall–Kier alpha value is -2.36. The number of nitrogens with zero attached hydrogens (tertiary/aromatic N) is 2. The van der Waals surface area contributed by atoms with Gasteiger partial charge in [0.1, 0.15) is 0 Å². The molecule has 1 aliphatic carbocycles. The van der Waals surface area contributed by atoms with Gasteiger partial charge < -0.3 is 10.2 Å². The molecule has 1 aromatic heterocycles. The molecule has 118 valence electrons. The Labute approximate surface area is 136 Å². The van der Waals surface area contributed by atoms with E-state index in [2.05, 4.69) is 17.2 Å². The van der Waals surface area contributed by atoms with E-state index in [1.165, 1.54) is 12.8 Å². The number of amides is 2. The molecule has 0 radical (unpaired) electrons. The number of hydrogen-bond acceptors (Lipinski definition) is 2. The van der Waals surface area contributed by atoms with Crippen molar-refractivity contribution in [2.45, 2.75) is 32.2 Å². The highest BCUT2D eigenvalue weighted by Gasteiger charge is 2.40. The Morgan fingerprint density at radius 2 is 2.17 bits per heavy atom. The number of benzene rings is 1. The summed E-state index contributed by atoms with van der Waals surface area (Å²) in [6.07, 6.45) is 5.41. The van der Waals surface area contributed by atoms with Crippen LogP contribution in [0.3, 0.4) is 0 Å². The lowest BCUT2D eigenvalue weighted by Gasteiger charge is -2.27. The standard InChI is InChI=1S/C19H21N3O/c1-13-5-7-15(11-17(13)18-4-2-3-9-20-18)21-19(23)22-12-14-6-8-16(22)10-14/h2-5,7,9,11,14,16H,6,8,10,12H2,1H3,(H,21,23)/t14?,16-/m1/s1. The third kappa shape index (κ3) is 2.69. The van der Waals surface area contributed by atoms with Gasteiger partial charge in [-0.25, -0.2) is 4.79 Å². The van der Waals surface area contributed by atoms with Crippen molar-refractivity contribution in [3.8, 4) is 11.3 Å². The van der Waals surface area contributed by atoms with Crippen molar-refractivity contribution >= 4 is 11.7 Å². The van der Waals surface area contributed by atoms with Gasteiger partial charge in [0.05, 0.1) is 5.69 Å². The molecule has 2 bridgehead atoms. The van der Waals surface area contributed by atoms with Crippen LogP contribution in [-0.2, 0) is 0 Å². The van der Waals surface area contributed by atoms with Crippen molar-refractivity contribution in [1.82, 2.24) is 9.88 Å². The monoisotopic (exact) mass is 307 g/mol. The number of carbonyl (C=O) groups is 1. The first-order valence-corrected chi connectivity index (χ1v) is 8.30. The summed E-state index contributed by atoms with van der Waals surface area (Å²) < 4.78 is 0. The number of pyridine rings is 1. The van der Waals surface area contributed by atoms with Gasteiger partial charge in [0, 0.05) is 30.0 Å². The molecule has 23 heavy (non-hydrogen) atoms. The van der Waals surface area contributed by atoms with Gasteiger partial charge in [-0.2, -0.15) is 0 Å². The Morgan fingerprint density at radius 3 is 2.87 bits per heavy atom. The number of urea groups is 1. The first kappa shape index (κ1) is 14.2. The number of hydrogen-bond donors (Lipinski definition) is 1. The Balaban J connectivity index is 1.54. The number of carbonyl (C=O) groups excluding carboxylic acids is 1. The highest BCUT2D eigenvalue weighted by molar-refractivity contribution is 5.90. The fourth-order valence-electron chi connectivity index (χ4n) is 3.87. The van der Waals surface area contributed by atoms with Crippen LogP contribution in [0.4, 0.5) is 10.5 Å². The number of rotatable bonds is 2. The smallest absolute Gasteiger partial charge is 0.321 e. The van der Waals surface area contributed by atoms with E-state index in [9.17, 15) is 4.79 Å². The molecule has 1 aromatic carbocycles. The van der Waals surface area contributed by atoms with Crippen molar-refractivity contribution in [2.75, 3.05) is 11.9 Å². The number of aromatic nitrogens is 1. The molecule has 1 unspecified atom stereocenters. The average molecular weight is 307 g/mol. The maximum Gasteiger partial charge on any atom is 0.322 e. The third-order valence-corrected chi connectivity index (χ3v) is 5.10. The van der Waals surface area contributed by atoms with Crippen LogP contribution in [0.15, 0.2) is 42.6 Å². The molecule has 1 saturated heterocycles. The van der Waals surface area contributed by atoms with E-state index in [4.69, 9.17) is 0 Å². The van der Waals surface area contributed by atoms with E-state index in [0.29, 0.717) is 12.0 Å². The van der Waals surface area contributed by atoms with Crippen molar-refractivity contribution in [3.05, 3.63) is 48.2 Å². The fraction of sp³-hybridized carbons (Fsp3) is 0.368. The molecule has 4 rings (SSSR count). The van der Waals surface area contributed by atoms with Crippen LogP contribution in [0.1, 0.15) is 24.8 Å². The molecule has 1 N–H and O–H groups in total. The van der Waals surface area contributed by atoms with Crippen LogP contribution in [0.25, 0.3) is 11.3 Å². The van der Waals surface area contributed by atoms with E-state index in [-0.39, 0.29) is 6.03 Å². The van der Waals surface area contributed by atoms with Gasteiger partial charge in [-0.15, -0.1) is 0 Å². The van der Waals surface area contributed by atoms with Crippen molar-refractivity contribution < 1.29 is 4.79 Å². The summed E-state index contributed by atoms with van der Waals surface area (Å²) in [5, 5.41) is 3.07. The highest BCUT2D eigenvalue weighted by Crippen LogP contribution is 2.37. The molecular formula is C19H21N3O. The van der Waals surface area contributed by atoms with Crippen molar-refractivity contribution in [2.24, 2.45) is 5.92 Å². The maximum absolute atomic E-state index is 12.5. The van der Waals surface area contributed by atoms with Crippen molar-refractivity contribution in [1.29, 1.82) is 0 Å².